The van der Waals surface area contributed by atoms with Gasteiger partial charge in [0.25, 0.3) is 11.1 Å². The quantitative estimate of drug-likeness (QED) is 0.545. The van der Waals surface area contributed by atoms with Crippen LogP contribution in [0.3, 0.4) is 0 Å². The highest BCUT2D eigenvalue weighted by Crippen LogP contribution is 2.39. The smallest absolute Gasteiger partial charge is 0.293 e. The van der Waals surface area contributed by atoms with Gasteiger partial charge in [0, 0.05) is 17.2 Å². The first-order valence-corrected chi connectivity index (χ1v) is 9.26. The zero-order valence-electron chi connectivity index (χ0n) is 16.0. The fourth-order valence-electron chi connectivity index (χ4n) is 2.83. The number of ether oxygens (including phenoxy) is 3. The lowest BCUT2D eigenvalue weighted by atomic mass is 10.1. The van der Waals surface area contributed by atoms with Crippen molar-refractivity contribution in [3.63, 3.8) is 0 Å². The van der Waals surface area contributed by atoms with E-state index in [1.54, 1.807) is 12.1 Å². The van der Waals surface area contributed by atoms with E-state index in [0.717, 1.165) is 16.7 Å². The van der Waals surface area contributed by atoms with Gasteiger partial charge >= 0.3 is 0 Å². The van der Waals surface area contributed by atoms with E-state index >= 15 is 0 Å². The molecule has 0 aromatic heterocycles. The summed E-state index contributed by atoms with van der Waals surface area (Å²) in [6.45, 7) is -0.0302. The largest absolute Gasteiger partial charge is 0.504 e. The summed E-state index contributed by atoms with van der Waals surface area (Å²) in [6, 6.07) is 7.64. The second-order valence-corrected chi connectivity index (χ2v) is 7.00. The van der Waals surface area contributed by atoms with Crippen molar-refractivity contribution in [2.45, 2.75) is 6.54 Å². The average molecular weight is 417 g/mol. The molecule has 152 valence electrons. The first kappa shape index (κ1) is 20.4. The van der Waals surface area contributed by atoms with Gasteiger partial charge in [-0.1, -0.05) is 12.1 Å². The molecule has 0 bridgehead atoms. The molecule has 9 heteroatoms. The van der Waals surface area contributed by atoms with Crippen molar-refractivity contribution < 1.29 is 34.0 Å². The Morgan fingerprint density at radius 1 is 1.00 bits per heavy atom. The van der Waals surface area contributed by atoms with Gasteiger partial charge in [-0.25, -0.2) is 0 Å². The molecule has 1 heterocycles. The Morgan fingerprint density at radius 2 is 1.66 bits per heavy atom. The molecule has 0 aliphatic carbocycles. The second kappa shape index (κ2) is 8.36. The number of nitrogens with zero attached hydrogens (tertiary/aromatic N) is 1. The lowest BCUT2D eigenvalue weighted by Crippen LogP contribution is -2.27. The first-order valence-electron chi connectivity index (χ1n) is 8.44. The predicted molar refractivity (Wildman–Crippen MR) is 107 cm³/mol. The average Bonchev–Trinajstić information content (AvgIpc) is 2.98. The van der Waals surface area contributed by atoms with Crippen LogP contribution >= 0.6 is 11.8 Å². The predicted octanol–water partition coefficient (Wildman–Crippen LogP) is 3.36. The molecular weight excluding hydrogens is 398 g/mol. The molecular formula is C20H19NO7S. The van der Waals surface area contributed by atoms with Gasteiger partial charge in [0.15, 0.2) is 23.0 Å². The molecule has 0 radical (unpaired) electrons. The van der Waals surface area contributed by atoms with Crippen LogP contribution in [0.15, 0.2) is 35.2 Å². The minimum absolute atomic E-state index is 0.0302. The van der Waals surface area contributed by atoms with E-state index < -0.39 is 11.1 Å². The van der Waals surface area contributed by atoms with Gasteiger partial charge in [-0.05, 0) is 30.0 Å². The van der Waals surface area contributed by atoms with Crippen molar-refractivity contribution in [3.8, 4) is 28.7 Å². The Morgan fingerprint density at radius 3 is 2.31 bits per heavy atom. The molecule has 2 aromatic rings. The van der Waals surface area contributed by atoms with Crippen LogP contribution in [0.5, 0.6) is 28.7 Å². The molecule has 1 aliphatic rings. The van der Waals surface area contributed by atoms with Gasteiger partial charge in [0.2, 0.25) is 0 Å². The topological polar surface area (TPSA) is 106 Å². The number of phenolic OH excluding ortho intramolecular Hbond substituents is 2. The Hall–Kier alpha value is -3.33. The van der Waals surface area contributed by atoms with Crippen molar-refractivity contribution in [2.24, 2.45) is 0 Å². The fraction of sp³-hybridized carbons (Fsp3) is 0.200. The SMILES string of the molecule is COc1cc(OC)c(OC)cc1CN1C(=O)S/C(=C\c2cccc(O)c2O)C1=O. The number of carbonyl (C=O) groups excluding carboxylic acids is 2. The van der Waals surface area contributed by atoms with Crippen LogP contribution in [-0.4, -0.2) is 47.6 Å². The lowest BCUT2D eigenvalue weighted by molar-refractivity contribution is -0.123. The number of imide groups is 1. The summed E-state index contributed by atoms with van der Waals surface area (Å²) >= 11 is 0.751. The van der Waals surface area contributed by atoms with Crippen LogP contribution in [-0.2, 0) is 11.3 Å². The number of methoxy groups -OCH3 is 3. The molecule has 8 nitrogen and oxygen atoms in total. The molecule has 0 atom stereocenters. The number of phenols is 2. The number of hydrogen-bond acceptors (Lipinski definition) is 8. The van der Waals surface area contributed by atoms with Crippen LogP contribution in [0.2, 0.25) is 0 Å². The molecule has 0 saturated carbocycles. The Balaban J connectivity index is 1.91. The third-order valence-electron chi connectivity index (χ3n) is 4.32. The van der Waals surface area contributed by atoms with Gasteiger partial charge in [-0.15, -0.1) is 0 Å². The van der Waals surface area contributed by atoms with Gasteiger partial charge in [-0.3, -0.25) is 14.5 Å². The maximum atomic E-state index is 12.8. The van der Waals surface area contributed by atoms with E-state index in [4.69, 9.17) is 14.2 Å². The third kappa shape index (κ3) is 3.95. The lowest BCUT2D eigenvalue weighted by Gasteiger charge is -2.17. The maximum absolute atomic E-state index is 12.8. The number of hydrogen-bond donors (Lipinski definition) is 2. The van der Waals surface area contributed by atoms with Crippen molar-refractivity contribution in [1.82, 2.24) is 4.90 Å². The number of aromatic hydroxyl groups is 2. The molecule has 3 rings (SSSR count). The van der Waals surface area contributed by atoms with Crippen molar-refractivity contribution in [3.05, 3.63) is 46.4 Å². The van der Waals surface area contributed by atoms with Crippen molar-refractivity contribution in [2.75, 3.05) is 21.3 Å². The Labute approximate surface area is 171 Å². The maximum Gasteiger partial charge on any atom is 0.293 e. The van der Waals surface area contributed by atoms with E-state index in [0.29, 0.717) is 22.8 Å². The Kier molecular flexibility index (Phi) is 5.88. The summed E-state index contributed by atoms with van der Waals surface area (Å²) < 4.78 is 15.9. The number of thioether (sulfide) groups is 1. The zero-order chi connectivity index (χ0) is 21.1. The normalized spacial score (nSPS) is 15.1. The number of benzene rings is 2. The van der Waals surface area contributed by atoms with Crippen LogP contribution in [0.25, 0.3) is 6.08 Å². The number of para-hydroxylation sites is 1. The standard InChI is InChI=1S/C20H19NO7S/c1-26-14-9-16(28-3)15(27-2)7-12(14)10-21-19(24)17(29-20(21)25)8-11-5-4-6-13(22)18(11)23/h4-9,22-23H,10H2,1-3H3/b17-8-. The highest BCUT2D eigenvalue weighted by Gasteiger charge is 2.36. The molecule has 1 saturated heterocycles. The molecule has 29 heavy (non-hydrogen) atoms. The van der Waals surface area contributed by atoms with Crippen molar-refractivity contribution >= 4 is 29.0 Å². The second-order valence-electron chi connectivity index (χ2n) is 6.00. The zero-order valence-corrected chi connectivity index (χ0v) is 16.8. The minimum atomic E-state index is -0.514. The molecule has 2 amide bonds. The highest BCUT2D eigenvalue weighted by atomic mass is 32.2. The Bertz CT molecular complexity index is 1000. The van der Waals surface area contributed by atoms with Gasteiger partial charge in [-0.2, -0.15) is 0 Å². The van der Waals surface area contributed by atoms with Gasteiger partial charge < -0.3 is 24.4 Å². The number of carbonyl (C=O) groups is 2. The van der Waals surface area contributed by atoms with E-state index in [9.17, 15) is 19.8 Å². The highest BCUT2D eigenvalue weighted by molar-refractivity contribution is 8.18. The van der Waals surface area contributed by atoms with Crippen molar-refractivity contribution in [1.29, 1.82) is 0 Å². The summed E-state index contributed by atoms with van der Waals surface area (Å²) in [4.78, 5) is 26.4. The van der Waals surface area contributed by atoms with Crippen LogP contribution < -0.4 is 14.2 Å². The summed E-state index contributed by atoms with van der Waals surface area (Å²) in [7, 11) is 4.46. The van der Waals surface area contributed by atoms with E-state index in [2.05, 4.69) is 0 Å². The monoisotopic (exact) mass is 417 g/mol. The molecule has 0 unspecified atom stereocenters. The minimum Gasteiger partial charge on any atom is -0.504 e. The molecule has 0 spiro atoms. The number of rotatable bonds is 6. The molecule has 1 fully saturated rings. The third-order valence-corrected chi connectivity index (χ3v) is 5.23. The number of amides is 2. The molecule has 1 aliphatic heterocycles. The summed E-state index contributed by atoms with van der Waals surface area (Å²) in [5.41, 5.74) is 0.799. The summed E-state index contributed by atoms with van der Waals surface area (Å²) in [5.74, 6) is 0.154. The van der Waals surface area contributed by atoms with E-state index in [1.807, 2.05) is 0 Å². The van der Waals surface area contributed by atoms with Gasteiger partial charge in [0.05, 0.1) is 32.8 Å². The molecule has 2 aromatic carbocycles. The van der Waals surface area contributed by atoms with Crippen LogP contribution in [0.4, 0.5) is 4.79 Å². The van der Waals surface area contributed by atoms with Crippen LogP contribution in [0.1, 0.15) is 11.1 Å². The fourth-order valence-corrected chi connectivity index (χ4v) is 3.66. The molecule has 2 N–H and O–H groups in total. The van der Waals surface area contributed by atoms with Gasteiger partial charge in [0.1, 0.15) is 5.75 Å². The van der Waals surface area contributed by atoms with Crippen LogP contribution in [0, 0.1) is 0 Å². The van der Waals surface area contributed by atoms with E-state index in [1.165, 1.54) is 45.6 Å². The van der Waals surface area contributed by atoms with E-state index in [-0.39, 0.29) is 28.5 Å². The summed E-state index contributed by atoms with van der Waals surface area (Å²) in [5, 5.41) is 19.1. The first-order chi connectivity index (χ1) is 13.9. The summed E-state index contributed by atoms with van der Waals surface area (Å²) in [6.07, 6.45) is 1.37.